The molecule has 0 bridgehead atoms. The maximum atomic E-state index is 12.9. The van der Waals surface area contributed by atoms with Gasteiger partial charge >= 0.3 is 0 Å². The summed E-state index contributed by atoms with van der Waals surface area (Å²) < 4.78 is 29.0. The van der Waals surface area contributed by atoms with Crippen molar-refractivity contribution in [3.8, 4) is 5.82 Å². The number of aromatic nitrogens is 3. The van der Waals surface area contributed by atoms with Gasteiger partial charge in [-0.25, -0.2) is 18.4 Å². The molecular weight excluding hydrogens is 414 g/mol. The molecule has 0 spiro atoms. The molecule has 9 heteroatoms. The van der Waals surface area contributed by atoms with E-state index < -0.39 is 10.0 Å². The molecule has 1 saturated carbocycles. The molecule has 2 aromatic heterocycles. The predicted molar refractivity (Wildman–Crippen MR) is 117 cm³/mol. The average Bonchev–Trinajstić information content (AvgIpc) is 3.13. The monoisotopic (exact) mass is 445 g/mol. The first kappa shape index (κ1) is 22.0. The third-order valence-electron chi connectivity index (χ3n) is 6.25. The van der Waals surface area contributed by atoms with Crippen LogP contribution in [0.3, 0.4) is 0 Å². The minimum atomic E-state index is -3.54. The second kappa shape index (κ2) is 9.48. The van der Waals surface area contributed by atoms with Gasteiger partial charge < -0.3 is 5.32 Å². The Morgan fingerprint density at radius 3 is 2.52 bits per heavy atom. The van der Waals surface area contributed by atoms with Crippen molar-refractivity contribution in [1.82, 2.24) is 24.2 Å². The van der Waals surface area contributed by atoms with Gasteiger partial charge in [0, 0.05) is 31.5 Å². The van der Waals surface area contributed by atoms with E-state index in [-0.39, 0.29) is 16.8 Å². The lowest BCUT2D eigenvalue weighted by Gasteiger charge is -2.29. The van der Waals surface area contributed by atoms with E-state index in [1.165, 1.54) is 25.4 Å². The van der Waals surface area contributed by atoms with Crippen LogP contribution in [0.25, 0.3) is 5.82 Å². The summed E-state index contributed by atoms with van der Waals surface area (Å²) in [5, 5.41) is 3.09. The fourth-order valence-corrected chi connectivity index (χ4v) is 5.98. The largest absolute Gasteiger partial charge is 0.348 e. The highest BCUT2D eigenvalue weighted by Gasteiger charge is 2.29. The van der Waals surface area contributed by atoms with Crippen molar-refractivity contribution in [3.63, 3.8) is 0 Å². The number of rotatable bonds is 5. The van der Waals surface area contributed by atoms with Crippen molar-refractivity contribution < 1.29 is 13.2 Å². The fraction of sp³-hybridized carbons (Fsp3) is 0.591. The summed E-state index contributed by atoms with van der Waals surface area (Å²) in [5.41, 5.74) is 0.338. The quantitative estimate of drug-likeness (QED) is 0.713. The van der Waals surface area contributed by atoms with E-state index in [1.54, 1.807) is 27.2 Å². The number of imidazole rings is 1. The molecule has 31 heavy (non-hydrogen) atoms. The normalized spacial score (nSPS) is 21.5. The highest BCUT2D eigenvalue weighted by molar-refractivity contribution is 7.89. The summed E-state index contributed by atoms with van der Waals surface area (Å²) >= 11 is 0. The number of sulfonamides is 1. The fourth-order valence-electron chi connectivity index (χ4n) is 4.44. The summed E-state index contributed by atoms with van der Waals surface area (Å²) in [6.07, 6.45) is 13.3. The molecule has 1 saturated heterocycles. The van der Waals surface area contributed by atoms with Crippen molar-refractivity contribution in [3.05, 3.63) is 36.5 Å². The highest BCUT2D eigenvalue weighted by atomic mass is 32.2. The number of hydrogen-bond acceptors (Lipinski definition) is 5. The lowest BCUT2D eigenvalue weighted by molar-refractivity contribution is 0.0928. The lowest BCUT2D eigenvalue weighted by atomic mass is 10.0. The Morgan fingerprint density at radius 2 is 1.84 bits per heavy atom. The van der Waals surface area contributed by atoms with E-state index in [1.807, 2.05) is 0 Å². The molecule has 1 amide bonds. The van der Waals surface area contributed by atoms with Gasteiger partial charge in [-0.2, -0.15) is 4.31 Å². The molecule has 1 atom stereocenters. The minimum absolute atomic E-state index is 0.177. The van der Waals surface area contributed by atoms with Crippen LogP contribution in [0, 0.1) is 5.92 Å². The van der Waals surface area contributed by atoms with Crippen LogP contribution < -0.4 is 5.32 Å². The summed E-state index contributed by atoms with van der Waals surface area (Å²) in [5.74, 6) is 0.709. The van der Waals surface area contributed by atoms with Gasteiger partial charge in [-0.3, -0.25) is 9.36 Å². The third kappa shape index (κ3) is 5.15. The Kier molecular flexibility index (Phi) is 6.71. The van der Waals surface area contributed by atoms with Crippen molar-refractivity contribution in [2.24, 2.45) is 5.92 Å². The topological polar surface area (TPSA) is 97.2 Å². The van der Waals surface area contributed by atoms with E-state index in [0.29, 0.717) is 30.5 Å². The first-order valence-corrected chi connectivity index (χ1v) is 12.7. The van der Waals surface area contributed by atoms with Gasteiger partial charge in [-0.1, -0.05) is 32.6 Å². The van der Waals surface area contributed by atoms with E-state index in [4.69, 9.17) is 0 Å². The first-order chi connectivity index (χ1) is 14.9. The molecule has 0 unspecified atom stereocenters. The standard InChI is InChI=1S/C22H31N5O3S/c1-17-7-6-12-27(14-17)31(29,30)19-10-11-21(23-13-19)26-15-20(24-16-26)22(28)25-18-8-4-2-3-5-9-18/h10-11,13,15-18H,2-9,12,14H2,1H3,(H,25,28)/t17-/m1/s1. The number of amides is 1. The van der Waals surface area contributed by atoms with Crippen LogP contribution in [-0.4, -0.2) is 52.3 Å². The van der Waals surface area contributed by atoms with Gasteiger partial charge in [0.15, 0.2) is 0 Å². The van der Waals surface area contributed by atoms with Crippen LogP contribution in [0.2, 0.25) is 0 Å². The number of carbonyl (C=O) groups is 1. The maximum Gasteiger partial charge on any atom is 0.271 e. The zero-order valence-corrected chi connectivity index (χ0v) is 18.9. The lowest BCUT2D eigenvalue weighted by Crippen LogP contribution is -2.39. The molecule has 3 heterocycles. The van der Waals surface area contributed by atoms with E-state index in [0.717, 1.165) is 38.5 Å². The van der Waals surface area contributed by atoms with Crippen LogP contribution in [0.15, 0.2) is 35.7 Å². The number of carbonyl (C=O) groups excluding carboxylic acids is 1. The van der Waals surface area contributed by atoms with E-state index >= 15 is 0 Å². The van der Waals surface area contributed by atoms with Gasteiger partial charge in [-0.05, 0) is 43.7 Å². The molecular formula is C22H31N5O3S. The Hall–Kier alpha value is -2.26. The van der Waals surface area contributed by atoms with E-state index in [2.05, 4.69) is 22.2 Å². The summed E-state index contributed by atoms with van der Waals surface area (Å²) in [7, 11) is -3.54. The molecule has 0 radical (unpaired) electrons. The Labute approximate surface area is 184 Å². The van der Waals surface area contributed by atoms with Crippen LogP contribution in [-0.2, 0) is 10.0 Å². The minimum Gasteiger partial charge on any atom is -0.348 e. The second-order valence-corrected chi connectivity index (χ2v) is 10.7. The first-order valence-electron chi connectivity index (χ1n) is 11.2. The average molecular weight is 446 g/mol. The van der Waals surface area contributed by atoms with Crippen molar-refractivity contribution in [2.45, 2.75) is 69.2 Å². The Bertz CT molecular complexity index is 994. The van der Waals surface area contributed by atoms with Crippen LogP contribution in [0.1, 0.15) is 68.8 Å². The van der Waals surface area contributed by atoms with Crippen molar-refractivity contribution in [2.75, 3.05) is 13.1 Å². The zero-order chi connectivity index (χ0) is 21.8. The molecule has 4 rings (SSSR count). The summed E-state index contributed by atoms with van der Waals surface area (Å²) in [6.45, 7) is 3.17. The Morgan fingerprint density at radius 1 is 1.06 bits per heavy atom. The second-order valence-electron chi connectivity index (χ2n) is 8.79. The van der Waals surface area contributed by atoms with Crippen LogP contribution in [0.4, 0.5) is 0 Å². The SMILES string of the molecule is C[C@@H]1CCCN(S(=O)(=O)c2ccc(-n3cnc(C(=O)NC4CCCCCC4)c3)nc2)C1. The van der Waals surface area contributed by atoms with E-state index in [9.17, 15) is 13.2 Å². The van der Waals surface area contributed by atoms with Gasteiger partial charge in [0.1, 0.15) is 22.7 Å². The number of nitrogens with zero attached hydrogens (tertiary/aromatic N) is 4. The van der Waals surface area contributed by atoms with Crippen molar-refractivity contribution >= 4 is 15.9 Å². The molecule has 2 fully saturated rings. The number of pyridine rings is 1. The smallest absolute Gasteiger partial charge is 0.271 e. The number of piperidine rings is 1. The predicted octanol–water partition coefficient (Wildman–Crippen LogP) is 3.14. The molecule has 2 aliphatic rings. The molecule has 2 aromatic rings. The number of hydrogen-bond donors (Lipinski definition) is 1. The summed E-state index contributed by atoms with van der Waals surface area (Å²) in [6, 6.07) is 3.43. The maximum absolute atomic E-state index is 12.9. The van der Waals surface area contributed by atoms with Crippen molar-refractivity contribution in [1.29, 1.82) is 0 Å². The molecule has 168 valence electrons. The van der Waals surface area contributed by atoms with Gasteiger partial charge in [-0.15, -0.1) is 0 Å². The van der Waals surface area contributed by atoms with Gasteiger partial charge in [0.2, 0.25) is 10.0 Å². The highest BCUT2D eigenvalue weighted by Crippen LogP contribution is 2.23. The summed E-state index contributed by atoms with van der Waals surface area (Å²) in [4.78, 5) is 21.3. The molecule has 1 N–H and O–H groups in total. The molecule has 0 aromatic carbocycles. The van der Waals surface area contributed by atoms with Gasteiger partial charge in [0.25, 0.3) is 5.91 Å². The molecule has 1 aliphatic heterocycles. The third-order valence-corrected chi connectivity index (χ3v) is 8.10. The number of nitrogens with one attached hydrogen (secondary N) is 1. The molecule has 8 nitrogen and oxygen atoms in total. The molecule has 1 aliphatic carbocycles. The van der Waals surface area contributed by atoms with Crippen LogP contribution >= 0.6 is 0 Å². The van der Waals surface area contributed by atoms with Gasteiger partial charge in [0.05, 0.1) is 0 Å². The Balaban J connectivity index is 1.43. The zero-order valence-electron chi connectivity index (χ0n) is 18.0. The van der Waals surface area contributed by atoms with Crippen LogP contribution in [0.5, 0.6) is 0 Å².